The van der Waals surface area contributed by atoms with E-state index in [1.165, 1.54) is 4.90 Å². The third kappa shape index (κ3) is 4.02. The second-order valence-corrected chi connectivity index (χ2v) is 9.45. The van der Waals surface area contributed by atoms with Gasteiger partial charge in [-0.2, -0.15) is 0 Å². The van der Waals surface area contributed by atoms with E-state index in [4.69, 9.17) is 4.74 Å². The van der Waals surface area contributed by atoms with Crippen molar-refractivity contribution >= 4 is 11.7 Å². The average molecular weight is 425 g/mol. The monoisotopic (exact) mass is 424 g/mol. The van der Waals surface area contributed by atoms with Crippen molar-refractivity contribution in [3.8, 4) is 11.4 Å². The SMILES string of the molecule is COc1ccc(-n2c3c(cc(C(=O)N4CC[NH+](C)CC4)c2=O)C(=O)CC(C)(C)C3)cc1. The van der Waals surface area contributed by atoms with Crippen LogP contribution in [0, 0.1) is 5.41 Å². The van der Waals surface area contributed by atoms with Crippen molar-refractivity contribution in [1.29, 1.82) is 0 Å². The number of Topliss-reactive ketones (excluding diaryl/α,β-unsaturated/α-hetero) is 1. The Kier molecular flexibility index (Phi) is 5.47. The lowest BCUT2D eigenvalue weighted by Gasteiger charge is -2.33. The standard InChI is InChI=1S/C24H29N3O4/c1-24(2)14-20-18(21(28)15-24)13-19(22(29)26-11-9-25(3)10-12-26)23(30)27(20)16-5-7-17(31-4)8-6-16/h5-8,13H,9-12,14-15H2,1-4H3/p+1. The molecular formula is C24H30N3O4+. The summed E-state index contributed by atoms with van der Waals surface area (Å²) in [6.07, 6.45) is 0.980. The van der Waals surface area contributed by atoms with Gasteiger partial charge in [0.25, 0.3) is 11.5 Å². The number of likely N-dealkylation sites (N-methyl/N-ethyl adjacent to an activating group) is 1. The number of carbonyl (C=O) groups is 2. The van der Waals surface area contributed by atoms with Crippen molar-refractivity contribution in [2.75, 3.05) is 40.3 Å². The number of aromatic nitrogens is 1. The van der Waals surface area contributed by atoms with Crippen molar-refractivity contribution in [1.82, 2.24) is 9.47 Å². The van der Waals surface area contributed by atoms with Crippen LogP contribution in [0.4, 0.5) is 0 Å². The molecule has 1 aromatic carbocycles. The number of fused-ring (bicyclic) bond motifs is 1. The van der Waals surface area contributed by atoms with E-state index in [-0.39, 0.29) is 28.2 Å². The van der Waals surface area contributed by atoms with Gasteiger partial charge in [0.1, 0.15) is 11.3 Å². The molecule has 0 bridgehead atoms. The van der Waals surface area contributed by atoms with E-state index in [0.29, 0.717) is 48.6 Å². The summed E-state index contributed by atoms with van der Waals surface area (Å²) in [6.45, 7) is 6.95. The number of piperazine rings is 1. The highest BCUT2D eigenvalue weighted by atomic mass is 16.5. The summed E-state index contributed by atoms with van der Waals surface area (Å²) in [7, 11) is 3.68. The number of pyridine rings is 1. The molecule has 1 amide bonds. The van der Waals surface area contributed by atoms with Crippen molar-refractivity contribution in [3.63, 3.8) is 0 Å². The van der Waals surface area contributed by atoms with Gasteiger partial charge in [-0.1, -0.05) is 13.8 Å². The molecule has 1 fully saturated rings. The highest BCUT2D eigenvalue weighted by Crippen LogP contribution is 2.35. The van der Waals surface area contributed by atoms with Crippen LogP contribution in [0.1, 0.15) is 46.7 Å². The normalized spacial score (nSPS) is 18.6. The maximum Gasteiger partial charge on any atom is 0.268 e. The van der Waals surface area contributed by atoms with Gasteiger partial charge in [0, 0.05) is 23.4 Å². The Bertz CT molecular complexity index is 1080. The number of hydrogen-bond acceptors (Lipinski definition) is 4. The zero-order valence-electron chi connectivity index (χ0n) is 18.7. The zero-order valence-corrected chi connectivity index (χ0v) is 18.7. The summed E-state index contributed by atoms with van der Waals surface area (Å²) < 4.78 is 6.80. The molecule has 0 unspecified atom stereocenters. The van der Waals surface area contributed by atoms with Gasteiger partial charge in [-0.05, 0) is 42.2 Å². The summed E-state index contributed by atoms with van der Waals surface area (Å²) >= 11 is 0. The molecule has 1 aliphatic heterocycles. The van der Waals surface area contributed by atoms with Crippen LogP contribution in [0.3, 0.4) is 0 Å². The molecule has 1 N–H and O–H groups in total. The number of nitrogens with one attached hydrogen (secondary N) is 1. The minimum Gasteiger partial charge on any atom is -0.497 e. The Morgan fingerprint density at radius 2 is 1.71 bits per heavy atom. The molecule has 1 saturated heterocycles. The van der Waals surface area contributed by atoms with Gasteiger partial charge >= 0.3 is 0 Å². The van der Waals surface area contributed by atoms with Crippen LogP contribution in [0.5, 0.6) is 5.75 Å². The molecule has 2 heterocycles. The fourth-order valence-corrected chi connectivity index (χ4v) is 4.53. The fraction of sp³-hybridized carbons (Fsp3) is 0.458. The molecule has 7 heteroatoms. The van der Waals surface area contributed by atoms with Gasteiger partial charge in [-0.25, -0.2) is 0 Å². The molecule has 4 rings (SSSR count). The first-order valence-electron chi connectivity index (χ1n) is 10.8. The van der Waals surface area contributed by atoms with Crippen LogP contribution in [-0.2, 0) is 6.42 Å². The quantitative estimate of drug-likeness (QED) is 0.797. The average Bonchev–Trinajstić information content (AvgIpc) is 2.73. The molecule has 0 spiro atoms. The highest BCUT2D eigenvalue weighted by molar-refractivity contribution is 6.02. The van der Waals surface area contributed by atoms with Gasteiger partial charge in [0.05, 0.1) is 40.3 Å². The number of ketones is 1. The predicted molar refractivity (Wildman–Crippen MR) is 118 cm³/mol. The first kappa shape index (κ1) is 21.3. The van der Waals surface area contributed by atoms with Gasteiger partial charge in [0.2, 0.25) is 0 Å². The number of hydrogen-bond donors (Lipinski definition) is 1. The highest BCUT2D eigenvalue weighted by Gasteiger charge is 2.36. The van der Waals surface area contributed by atoms with E-state index in [1.54, 1.807) is 46.9 Å². The minimum absolute atomic E-state index is 0.0228. The molecule has 0 atom stereocenters. The smallest absolute Gasteiger partial charge is 0.268 e. The second kappa shape index (κ2) is 7.96. The third-order valence-electron chi connectivity index (χ3n) is 6.35. The van der Waals surface area contributed by atoms with Crippen LogP contribution < -0.4 is 15.2 Å². The topological polar surface area (TPSA) is 73.0 Å². The summed E-state index contributed by atoms with van der Waals surface area (Å²) in [5.41, 5.74) is 1.24. The third-order valence-corrected chi connectivity index (χ3v) is 6.35. The van der Waals surface area contributed by atoms with E-state index in [0.717, 1.165) is 13.1 Å². The molecule has 2 aliphatic rings. The first-order valence-corrected chi connectivity index (χ1v) is 10.8. The zero-order chi connectivity index (χ0) is 22.3. The van der Waals surface area contributed by atoms with E-state index >= 15 is 0 Å². The Balaban J connectivity index is 1.88. The van der Waals surface area contributed by atoms with Crippen molar-refractivity contribution in [2.24, 2.45) is 5.41 Å². The van der Waals surface area contributed by atoms with E-state index < -0.39 is 0 Å². The lowest BCUT2D eigenvalue weighted by atomic mass is 9.75. The minimum atomic E-state index is -0.370. The Hall–Kier alpha value is -2.93. The summed E-state index contributed by atoms with van der Waals surface area (Å²) in [6, 6.07) is 8.69. The maximum atomic E-state index is 13.6. The van der Waals surface area contributed by atoms with E-state index in [1.807, 2.05) is 13.8 Å². The van der Waals surface area contributed by atoms with Crippen molar-refractivity contribution in [3.05, 3.63) is 57.5 Å². The Morgan fingerprint density at radius 1 is 1.06 bits per heavy atom. The number of benzene rings is 1. The van der Waals surface area contributed by atoms with Gasteiger partial charge in [0.15, 0.2) is 5.78 Å². The molecule has 2 aromatic rings. The fourth-order valence-electron chi connectivity index (χ4n) is 4.53. The van der Waals surface area contributed by atoms with Crippen LogP contribution >= 0.6 is 0 Å². The van der Waals surface area contributed by atoms with Crippen molar-refractivity contribution < 1.29 is 19.2 Å². The van der Waals surface area contributed by atoms with Crippen LogP contribution in [0.25, 0.3) is 5.69 Å². The number of carbonyl (C=O) groups excluding carboxylic acids is 2. The molecule has 1 aliphatic carbocycles. The van der Waals surface area contributed by atoms with E-state index in [2.05, 4.69) is 7.05 Å². The van der Waals surface area contributed by atoms with Gasteiger partial charge in [-0.3, -0.25) is 19.0 Å². The summed E-state index contributed by atoms with van der Waals surface area (Å²) in [5, 5.41) is 0. The predicted octanol–water partition coefficient (Wildman–Crippen LogP) is 0.972. The first-order chi connectivity index (χ1) is 14.7. The molecule has 1 aromatic heterocycles. The number of nitrogens with zero attached hydrogens (tertiary/aromatic N) is 2. The Morgan fingerprint density at radius 3 is 2.32 bits per heavy atom. The number of rotatable bonds is 3. The van der Waals surface area contributed by atoms with Crippen LogP contribution in [0.15, 0.2) is 35.1 Å². The molecular weight excluding hydrogens is 394 g/mol. The Labute approximate surface area is 182 Å². The number of ether oxygens (including phenoxy) is 1. The molecule has 31 heavy (non-hydrogen) atoms. The lowest BCUT2D eigenvalue weighted by Crippen LogP contribution is -3.12. The van der Waals surface area contributed by atoms with Gasteiger partial charge in [-0.15, -0.1) is 0 Å². The van der Waals surface area contributed by atoms with Gasteiger partial charge < -0.3 is 14.5 Å². The number of methoxy groups -OCH3 is 1. The van der Waals surface area contributed by atoms with Crippen molar-refractivity contribution in [2.45, 2.75) is 26.7 Å². The maximum absolute atomic E-state index is 13.6. The largest absolute Gasteiger partial charge is 0.497 e. The lowest BCUT2D eigenvalue weighted by molar-refractivity contribution is -0.883. The molecule has 0 saturated carbocycles. The second-order valence-electron chi connectivity index (χ2n) is 9.45. The summed E-state index contributed by atoms with van der Waals surface area (Å²) in [5.74, 6) is 0.361. The molecule has 7 nitrogen and oxygen atoms in total. The van der Waals surface area contributed by atoms with Crippen LogP contribution in [-0.4, -0.2) is 61.5 Å². The van der Waals surface area contributed by atoms with Crippen LogP contribution in [0.2, 0.25) is 0 Å². The summed E-state index contributed by atoms with van der Waals surface area (Å²) in [4.78, 5) is 43.1. The van der Waals surface area contributed by atoms with E-state index in [9.17, 15) is 14.4 Å². The molecule has 0 radical (unpaired) electrons. The number of quaternary nitrogens is 1. The number of amides is 1. The molecule has 164 valence electrons.